The fourth-order valence-corrected chi connectivity index (χ4v) is 4.25. The smallest absolute Gasteiger partial charge is 0.169 e. The van der Waals surface area contributed by atoms with Crippen LogP contribution in [0.5, 0.6) is 34.5 Å². The van der Waals surface area contributed by atoms with Crippen LogP contribution >= 0.6 is 0 Å². The Balaban J connectivity index is 1.44. The number of rotatable bonds is 11. The molecular formula is C31H34N2O4. The lowest BCUT2D eigenvalue weighted by Crippen LogP contribution is -2.02. The molecule has 4 rings (SSSR count). The Kier molecular flexibility index (Phi) is 8.41. The van der Waals surface area contributed by atoms with Crippen LogP contribution in [0.15, 0.2) is 84.9 Å². The number of hydrogen-bond acceptors (Lipinski definition) is 6. The fourth-order valence-electron chi connectivity index (χ4n) is 4.25. The van der Waals surface area contributed by atoms with Gasteiger partial charge in [0.15, 0.2) is 23.0 Å². The molecule has 1 atom stereocenters. The molecule has 4 aromatic carbocycles. The van der Waals surface area contributed by atoms with Gasteiger partial charge < -0.3 is 30.4 Å². The average molecular weight is 499 g/mol. The molecule has 0 aliphatic heterocycles. The molecule has 0 aromatic heterocycles. The van der Waals surface area contributed by atoms with Gasteiger partial charge in [-0.15, -0.1) is 0 Å². The second kappa shape index (κ2) is 12.1. The van der Waals surface area contributed by atoms with E-state index in [0.29, 0.717) is 51.8 Å². The summed E-state index contributed by atoms with van der Waals surface area (Å²) in [5, 5.41) is 0. The minimum Gasteiger partial charge on any atom is -0.493 e. The maximum absolute atomic E-state index is 6.03. The van der Waals surface area contributed by atoms with Gasteiger partial charge in [-0.25, -0.2) is 0 Å². The van der Waals surface area contributed by atoms with Crippen molar-refractivity contribution in [1.29, 1.82) is 0 Å². The largest absolute Gasteiger partial charge is 0.493 e. The molecule has 0 fully saturated rings. The molecule has 0 amide bonds. The lowest BCUT2D eigenvalue weighted by Gasteiger charge is -2.19. The summed E-state index contributed by atoms with van der Waals surface area (Å²) in [6, 6.07) is 26.9. The van der Waals surface area contributed by atoms with Crippen molar-refractivity contribution in [3.63, 3.8) is 0 Å². The third-order valence-corrected chi connectivity index (χ3v) is 6.38. The van der Waals surface area contributed by atoms with Crippen LogP contribution < -0.4 is 30.4 Å². The number of ether oxygens (including phenoxy) is 4. The van der Waals surface area contributed by atoms with Gasteiger partial charge in [-0.2, -0.15) is 0 Å². The number of aryl methyl sites for hydroxylation is 1. The molecule has 4 aromatic rings. The van der Waals surface area contributed by atoms with Gasteiger partial charge in [0.1, 0.15) is 11.5 Å². The molecule has 0 saturated carbocycles. The molecule has 0 spiro atoms. The van der Waals surface area contributed by atoms with E-state index in [1.54, 1.807) is 14.2 Å². The Bertz CT molecular complexity index is 1300. The molecule has 0 heterocycles. The molecule has 6 heteroatoms. The number of hydrogen-bond donors (Lipinski definition) is 2. The minimum atomic E-state index is 0.371. The predicted octanol–water partition coefficient (Wildman–Crippen LogP) is 7.58. The topological polar surface area (TPSA) is 89.0 Å². The lowest BCUT2D eigenvalue weighted by molar-refractivity contribution is 0.377. The van der Waals surface area contributed by atoms with Crippen LogP contribution in [0.2, 0.25) is 0 Å². The highest BCUT2D eigenvalue weighted by molar-refractivity contribution is 5.49. The summed E-state index contributed by atoms with van der Waals surface area (Å²) >= 11 is 0. The Hall–Kier alpha value is -4.32. The summed E-state index contributed by atoms with van der Waals surface area (Å²) in [4.78, 5) is 0. The average Bonchev–Trinajstić information content (AvgIpc) is 2.92. The third-order valence-electron chi connectivity index (χ3n) is 6.38. The summed E-state index contributed by atoms with van der Waals surface area (Å²) in [5.41, 5.74) is 15.4. The SMILES string of the molecule is CCC(CCc1ccc(Oc2ccc(N)cc2)c(OC)c1)c1ccc(Oc2ccc(N)cc2)c(OC)c1. The van der Waals surface area contributed by atoms with Crippen molar-refractivity contribution in [3.8, 4) is 34.5 Å². The van der Waals surface area contributed by atoms with Crippen LogP contribution in [-0.2, 0) is 6.42 Å². The Labute approximate surface area is 218 Å². The first-order valence-electron chi connectivity index (χ1n) is 12.4. The van der Waals surface area contributed by atoms with Gasteiger partial charge in [-0.1, -0.05) is 19.1 Å². The quantitative estimate of drug-likeness (QED) is 0.207. The normalized spacial score (nSPS) is 11.5. The van der Waals surface area contributed by atoms with Gasteiger partial charge in [0.2, 0.25) is 0 Å². The van der Waals surface area contributed by atoms with Crippen LogP contribution in [0.3, 0.4) is 0 Å². The van der Waals surface area contributed by atoms with E-state index in [2.05, 4.69) is 25.1 Å². The predicted molar refractivity (Wildman–Crippen MR) is 149 cm³/mol. The second-order valence-corrected chi connectivity index (χ2v) is 8.88. The van der Waals surface area contributed by atoms with E-state index in [0.717, 1.165) is 19.3 Å². The summed E-state index contributed by atoms with van der Waals surface area (Å²) in [7, 11) is 3.32. The molecule has 0 radical (unpaired) electrons. The van der Waals surface area contributed by atoms with Gasteiger partial charge in [0, 0.05) is 11.4 Å². The molecule has 0 aliphatic rings. The zero-order chi connectivity index (χ0) is 26.2. The molecule has 0 aliphatic carbocycles. The summed E-state index contributed by atoms with van der Waals surface area (Å²) in [6.45, 7) is 2.21. The molecule has 192 valence electrons. The van der Waals surface area contributed by atoms with E-state index in [4.69, 9.17) is 30.4 Å². The minimum absolute atomic E-state index is 0.371. The first-order valence-corrected chi connectivity index (χ1v) is 12.4. The van der Waals surface area contributed by atoms with Crippen LogP contribution in [0.25, 0.3) is 0 Å². The number of benzene rings is 4. The summed E-state index contributed by atoms with van der Waals surface area (Å²) in [6.07, 6.45) is 2.90. The van der Waals surface area contributed by atoms with Crippen molar-refractivity contribution in [3.05, 3.63) is 96.1 Å². The van der Waals surface area contributed by atoms with Crippen LogP contribution in [0, 0.1) is 0 Å². The van der Waals surface area contributed by atoms with E-state index in [-0.39, 0.29) is 0 Å². The van der Waals surface area contributed by atoms with E-state index in [1.807, 2.05) is 66.7 Å². The number of anilines is 2. The van der Waals surface area contributed by atoms with Gasteiger partial charge >= 0.3 is 0 Å². The van der Waals surface area contributed by atoms with Crippen LogP contribution in [-0.4, -0.2) is 14.2 Å². The van der Waals surface area contributed by atoms with E-state index in [1.165, 1.54) is 11.1 Å². The first kappa shape index (κ1) is 25.8. The molecule has 0 saturated heterocycles. The third kappa shape index (κ3) is 6.67. The Morgan fingerprint density at radius 3 is 1.65 bits per heavy atom. The number of nitrogen functional groups attached to an aromatic ring is 2. The monoisotopic (exact) mass is 498 g/mol. The fraction of sp³-hybridized carbons (Fsp3) is 0.226. The molecule has 6 nitrogen and oxygen atoms in total. The highest BCUT2D eigenvalue weighted by Crippen LogP contribution is 2.37. The van der Waals surface area contributed by atoms with Crippen molar-refractivity contribution in [2.45, 2.75) is 32.1 Å². The van der Waals surface area contributed by atoms with Crippen molar-refractivity contribution in [1.82, 2.24) is 0 Å². The van der Waals surface area contributed by atoms with E-state index >= 15 is 0 Å². The number of nitrogens with two attached hydrogens (primary N) is 2. The summed E-state index contributed by atoms with van der Waals surface area (Å²) < 4.78 is 23.3. The molecular weight excluding hydrogens is 464 g/mol. The molecule has 1 unspecified atom stereocenters. The Morgan fingerprint density at radius 2 is 1.14 bits per heavy atom. The Morgan fingerprint density at radius 1 is 0.622 bits per heavy atom. The van der Waals surface area contributed by atoms with Crippen molar-refractivity contribution in [2.75, 3.05) is 25.7 Å². The standard InChI is InChI=1S/C31H34N2O4/c1-4-22(23-8-18-29(31(20-23)35-3)37-27-15-11-25(33)12-16-27)7-5-21-6-17-28(30(19-21)34-2)36-26-13-9-24(32)10-14-26/h6,8-20,22H,4-5,7,32-33H2,1-3H3. The van der Waals surface area contributed by atoms with Crippen molar-refractivity contribution in [2.24, 2.45) is 0 Å². The van der Waals surface area contributed by atoms with E-state index in [9.17, 15) is 0 Å². The van der Waals surface area contributed by atoms with Gasteiger partial charge in [-0.3, -0.25) is 0 Å². The van der Waals surface area contributed by atoms with Gasteiger partial charge in [0.25, 0.3) is 0 Å². The van der Waals surface area contributed by atoms with E-state index < -0.39 is 0 Å². The maximum Gasteiger partial charge on any atom is 0.169 e. The molecule has 37 heavy (non-hydrogen) atoms. The zero-order valence-electron chi connectivity index (χ0n) is 21.6. The molecule has 0 bridgehead atoms. The van der Waals surface area contributed by atoms with Crippen molar-refractivity contribution >= 4 is 11.4 Å². The highest BCUT2D eigenvalue weighted by Gasteiger charge is 2.15. The van der Waals surface area contributed by atoms with Gasteiger partial charge in [-0.05, 0) is 109 Å². The molecule has 4 N–H and O–H groups in total. The zero-order valence-corrected chi connectivity index (χ0v) is 21.6. The van der Waals surface area contributed by atoms with Crippen LogP contribution in [0.1, 0.15) is 36.8 Å². The maximum atomic E-state index is 6.03. The lowest BCUT2D eigenvalue weighted by atomic mass is 9.90. The first-order chi connectivity index (χ1) is 18.0. The van der Waals surface area contributed by atoms with Crippen LogP contribution in [0.4, 0.5) is 11.4 Å². The summed E-state index contributed by atoms with van der Waals surface area (Å²) in [5.74, 6) is 4.55. The number of methoxy groups -OCH3 is 2. The van der Waals surface area contributed by atoms with Gasteiger partial charge in [0.05, 0.1) is 14.2 Å². The second-order valence-electron chi connectivity index (χ2n) is 8.88. The van der Waals surface area contributed by atoms with Crippen molar-refractivity contribution < 1.29 is 18.9 Å². The highest BCUT2D eigenvalue weighted by atomic mass is 16.5.